The van der Waals surface area contributed by atoms with E-state index in [2.05, 4.69) is 92.6 Å². The summed E-state index contributed by atoms with van der Waals surface area (Å²) in [6.07, 6.45) is 2.21. The molecule has 0 amide bonds. The van der Waals surface area contributed by atoms with E-state index in [-0.39, 0.29) is 0 Å². The predicted octanol–water partition coefficient (Wildman–Crippen LogP) is 5.22. The first-order chi connectivity index (χ1) is 10.2. The van der Waals surface area contributed by atoms with Gasteiger partial charge in [-0.05, 0) is 67.2 Å². The molecule has 0 spiro atoms. The topological polar surface area (TPSA) is 12.0 Å². The fraction of sp³-hybridized carbons (Fsp3) is 0.333. The van der Waals surface area contributed by atoms with Crippen LogP contribution in [0.3, 0.4) is 0 Å². The first-order valence-electron chi connectivity index (χ1n) is 7.37. The fourth-order valence-corrected chi connectivity index (χ4v) is 3.00. The Balaban J connectivity index is 2.02. The molecule has 0 fully saturated rings. The summed E-state index contributed by atoms with van der Waals surface area (Å²) >= 11 is 6.99. The van der Waals surface area contributed by atoms with E-state index in [1.54, 1.807) is 0 Å². The molecule has 0 saturated carbocycles. The summed E-state index contributed by atoms with van der Waals surface area (Å²) in [4.78, 5) is 0. The molecule has 1 nitrogen and oxygen atoms in total. The lowest BCUT2D eigenvalue weighted by atomic mass is 9.92. The molecule has 0 aliphatic carbocycles. The SMILES string of the molecule is CCNCC(Cc1ccc(Br)cc1)Cc1ccc(Br)cc1. The Hall–Kier alpha value is -0.640. The lowest BCUT2D eigenvalue weighted by Gasteiger charge is -2.18. The summed E-state index contributed by atoms with van der Waals surface area (Å²) in [5, 5.41) is 3.49. The zero-order valence-electron chi connectivity index (χ0n) is 12.3. The summed E-state index contributed by atoms with van der Waals surface area (Å²) in [7, 11) is 0. The highest BCUT2D eigenvalue weighted by atomic mass is 79.9. The second-order valence-corrected chi connectivity index (χ2v) is 7.17. The van der Waals surface area contributed by atoms with Gasteiger partial charge in [0.15, 0.2) is 0 Å². The molecule has 0 saturated heterocycles. The van der Waals surface area contributed by atoms with Gasteiger partial charge in [0.2, 0.25) is 0 Å². The van der Waals surface area contributed by atoms with Gasteiger partial charge in [-0.15, -0.1) is 0 Å². The van der Waals surface area contributed by atoms with Crippen LogP contribution in [0.15, 0.2) is 57.5 Å². The van der Waals surface area contributed by atoms with Gasteiger partial charge in [-0.3, -0.25) is 0 Å². The van der Waals surface area contributed by atoms with Gasteiger partial charge in [0.1, 0.15) is 0 Å². The van der Waals surface area contributed by atoms with Crippen LogP contribution >= 0.6 is 31.9 Å². The molecule has 0 aliphatic heterocycles. The van der Waals surface area contributed by atoms with Crippen LogP contribution in [0.5, 0.6) is 0 Å². The fourth-order valence-electron chi connectivity index (χ4n) is 2.47. The molecule has 2 rings (SSSR count). The minimum Gasteiger partial charge on any atom is -0.317 e. The molecule has 3 heteroatoms. The van der Waals surface area contributed by atoms with Crippen LogP contribution in [0.25, 0.3) is 0 Å². The molecular weight excluding hydrogens is 390 g/mol. The standard InChI is InChI=1S/C18H21Br2N/c1-2-21-13-16(11-14-3-7-17(19)8-4-14)12-15-5-9-18(20)10-6-15/h3-10,16,21H,2,11-13H2,1H3. The number of benzene rings is 2. The Kier molecular flexibility index (Phi) is 6.94. The van der Waals surface area contributed by atoms with Crippen molar-refractivity contribution in [1.29, 1.82) is 0 Å². The second-order valence-electron chi connectivity index (χ2n) is 5.33. The van der Waals surface area contributed by atoms with E-state index in [4.69, 9.17) is 0 Å². The van der Waals surface area contributed by atoms with Crippen LogP contribution in [0.1, 0.15) is 18.1 Å². The monoisotopic (exact) mass is 409 g/mol. The summed E-state index contributed by atoms with van der Waals surface area (Å²) < 4.78 is 2.28. The van der Waals surface area contributed by atoms with Crippen LogP contribution in [-0.2, 0) is 12.8 Å². The van der Waals surface area contributed by atoms with E-state index in [0.717, 1.165) is 34.9 Å². The van der Waals surface area contributed by atoms with E-state index in [0.29, 0.717) is 5.92 Å². The molecule has 0 aliphatic rings. The van der Waals surface area contributed by atoms with Crippen LogP contribution in [0, 0.1) is 5.92 Å². The zero-order chi connectivity index (χ0) is 15.1. The van der Waals surface area contributed by atoms with Crippen molar-refractivity contribution < 1.29 is 0 Å². The van der Waals surface area contributed by atoms with Gasteiger partial charge in [0.25, 0.3) is 0 Å². The Morgan fingerprint density at radius 2 is 1.24 bits per heavy atom. The molecule has 0 bridgehead atoms. The van der Waals surface area contributed by atoms with Gasteiger partial charge in [-0.1, -0.05) is 63.0 Å². The summed E-state index contributed by atoms with van der Waals surface area (Å²) in [5.41, 5.74) is 2.80. The average Bonchev–Trinajstić information content (AvgIpc) is 2.49. The Labute approximate surface area is 144 Å². The van der Waals surface area contributed by atoms with Crippen molar-refractivity contribution in [3.8, 4) is 0 Å². The molecule has 1 N–H and O–H groups in total. The minimum absolute atomic E-state index is 0.618. The normalized spacial score (nSPS) is 11.0. The van der Waals surface area contributed by atoms with Gasteiger partial charge in [-0.2, -0.15) is 0 Å². The van der Waals surface area contributed by atoms with Crippen LogP contribution in [0.4, 0.5) is 0 Å². The third kappa shape index (κ3) is 5.93. The number of hydrogen-bond donors (Lipinski definition) is 1. The highest BCUT2D eigenvalue weighted by Crippen LogP contribution is 2.18. The van der Waals surface area contributed by atoms with Crippen molar-refractivity contribution in [3.05, 3.63) is 68.6 Å². The summed E-state index contributed by atoms with van der Waals surface area (Å²) in [5.74, 6) is 0.618. The molecule has 2 aromatic carbocycles. The van der Waals surface area contributed by atoms with Gasteiger partial charge in [0, 0.05) is 8.95 Å². The van der Waals surface area contributed by atoms with Crippen molar-refractivity contribution >= 4 is 31.9 Å². The highest BCUT2D eigenvalue weighted by Gasteiger charge is 2.10. The van der Waals surface area contributed by atoms with Crippen molar-refractivity contribution in [2.75, 3.05) is 13.1 Å². The molecule has 0 unspecified atom stereocenters. The smallest absolute Gasteiger partial charge is 0.0175 e. The largest absolute Gasteiger partial charge is 0.317 e. The Morgan fingerprint density at radius 3 is 1.62 bits per heavy atom. The van der Waals surface area contributed by atoms with E-state index >= 15 is 0 Å². The Bertz CT molecular complexity index is 487. The lowest BCUT2D eigenvalue weighted by molar-refractivity contribution is 0.478. The number of nitrogens with one attached hydrogen (secondary N) is 1. The maximum Gasteiger partial charge on any atom is 0.0175 e. The lowest BCUT2D eigenvalue weighted by Crippen LogP contribution is -2.25. The number of rotatable bonds is 7. The Morgan fingerprint density at radius 1 is 0.810 bits per heavy atom. The molecule has 2 aromatic rings. The van der Waals surface area contributed by atoms with Crippen LogP contribution in [0.2, 0.25) is 0 Å². The number of hydrogen-bond acceptors (Lipinski definition) is 1. The van der Waals surface area contributed by atoms with Gasteiger partial charge < -0.3 is 5.32 Å². The van der Waals surface area contributed by atoms with Gasteiger partial charge in [-0.25, -0.2) is 0 Å². The van der Waals surface area contributed by atoms with Gasteiger partial charge >= 0.3 is 0 Å². The maximum atomic E-state index is 3.50. The zero-order valence-corrected chi connectivity index (χ0v) is 15.5. The van der Waals surface area contributed by atoms with Crippen molar-refractivity contribution in [1.82, 2.24) is 5.32 Å². The van der Waals surface area contributed by atoms with Crippen molar-refractivity contribution in [2.24, 2.45) is 5.92 Å². The highest BCUT2D eigenvalue weighted by molar-refractivity contribution is 9.10. The van der Waals surface area contributed by atoms with Crippen molar-refractivity contribution in [2.45, 2.75) is 19.8 Å². The molecule has 112 valence electrons. The van der Waals surface area contributed by atoms with E-state index < -0.39 is 0 Å². The maximum absolute atomic E-state index is 3.50. The van der Waals surface area contributed by atoms with Gasteiger partial charge in [0.05, 0.1) is 0 Å². The van der Waals surface area contributed by atoms with Crippen LogP contribution < -0.4 is 5.32 Å². The van der Waals surface area contributed by atoms with E-state index in [9.17, 15) is 0 Å². The molecule has 0 aromatic heterocycles. The summed E-state index contributed by atoms with van der Waals surface area (Å²) in [6, 6.07) is 17.3. The van der Waals surface area contributed by atoms with Crippen LogP contribution in [-0.4, -0.2) is 13.1 Å². The molecule has 21 heavy (non-hydrogen) atoms. The average molecular weight is 411 g/mol. The third-order valence-electron chi connectivity index (χ3n) is 3.56. The van der Waals surface area contributed by atoms with E-state index in [1.807, 2.05) is 0 Å². The third-order valence-corrected chi connectivity index (χ3v) is 4.62. The number of halogens is 2. The van der Waals surface area contributed by atoms with E-state index in [1.165, 1.54) is 11.1 Å². The minimum atomic E-state index is 0.618. The predicted molar refractivity (Wildman–Crippen MR) is 97.7 cm³/mol. The first kappa shape index (κ1) is 16.7. The molecular formula is C18H21Br2N. The van der Waals surface area contributed by atoms with Crippen molar-refractivity contribution in [3.63, 3.8) is 0 Å². The first-order valence-corrected chi connectivity index (χ1v) is 8.95. The molecule has 0 radical (unpaired) electrons. The quantitative estimate of drug-likeness (QED) is 0.659. The molecule has 0 atom stereocenters. The summed E-state index contributed by atoms with van der Waals surface area (Å²) in [6.45, 7) is 4.25. The second kappa shape index (κ2) is 8.72. The molecule has 0 heterocycles.